The van der Waals surface area contributed by atoms with Crippen LogP contribution >= 0.6 is 0 Å². The van der Waals surface area contributed by atoms with Crippen molar-refractivity contribution in [2.75, 3.05) is 44.7 Å². The van der Waals surface area contributed by atoms with E-state index in [4.69, 9.17) is 14.7 Å². The van der Waals surface area contributed by atoms with Crippen LogP contribution in [-0.2, 0) is 24.1 Å². The summed E-state index contributed by atoms with van der Waals surface area (Å²) in [7, 11) is 2.12. The van der Waals surface area contributed by atoms with Crippen LogP contribution in [0.1, 0.15) is 52.9 Å². The molecule has 10 nitrogen and oxygen atoms in total. The van der Waals surface area contributed by atoms with Crippen molar-refractivity contribution in [2.24, 2.45) is 0 Å². The Kier molecular flexibility index (Phi) is 7.39. The molecule has 41 heavy (non-hydrogen) atoms. The lowest BCUT2D eigenvalue weighted by Crippen LogP contribution is -2.57. The highest BCUT2D eigenvalue weighted by Crippen LogP contribution is 2.39. The molecule has 1 aromatic heterocycles. The number of nitrogens with zero attached hydrogens (tertiary/aromatic N) is 6. The minimum Gasteiger partial charge on any atom is -0.462 e. The van der Waals surface area contributed by atoms with E-state index in [2.05, 4.69) is 34.8 Å². The number of piperazine rings is 1. The van der Waals surface area contributed by atoms with Crippen LogP contribution in [0.4, 0.5) is 5.82 Å². The Morgan fingerprint density at radius 3 is 2.88 bits per heavy atom. The Morgan fingerprint density at radius 1 is 1.24 bits per heavy atom. The van der Waals surface area contributed by atoms with Gasteiger partial charge in [-0.1, -0.05) is 24.8 Å². The van der Waals surface area contributed by atoms with Crippen LogP contribution < -0.4 is 15.0 Å². The zero-order valence-electron chi connectivity index (χ0n) is 23.6. The first-order valence-electron chi connectivity index (χ1n) is 14.6. The number of nitriles is 1. The number of carbonyl (C=O) groups excluding carboxylic acids is 2. The Bertz CT molecular complexity index is 1400. The molecule has 1 aromatic carbocycles. The third-order valence-electron chi connectivity index (χ3n) is 9.22. The lowest BCUT2D eigenvalue weighted by Gasteiger charge is -2.44. The van der Waals surface area contributed by atoms with Crippen molar-refractivity contribution in [3.05, 3.63) is 59.3 Å². The van der Waals surface area contributed by atoms with Gasteiger partial charge in [-0.3, -0.25) is 9.59 Å². The van der Waals surface area contributed by atoms with E-state index in [0.717, 1.165) is 60.4 Å². The van der Waals surface area contributed by atoms with E-state index in [1.54, 1.807) is 4.90 Å². The van der Waals surface area contributed by atoms with Gasteiger partial charge in [0.25, 0.3) is 5.91 Å². The number of nitrogens with one attached hydrogen (secondary N) is 1. The van der Waals surface area contributed by atoms with Crippen LogP contribution in [0.15, 0.2) is 36.9 Å². The van der Waals surface area contributed by atoms with Gasteiger partial charge in [0.05, 0.1) is 29.8 Å². The molecule has 1 spiro atoms. The minimum atomic E-state index is -0.411. The lowest BCUT2D eigenvalue weighted by molar-refractivity contribution is -0.128. The third-order valence-corrected chi connectivity index (χ3v) is 9.22. The molecular formula is C31H37N7O3. The summed E-state index contributed by atoms with van der Waals surface area (Å²) >= 11 is 0. The molecule has 4 aliphatic rings. The molecule has 214 valence electrons. The summed E-state index contributed by atoms with van der Waals surface area (Å²) < 4.78 is 6.25. The second-order valence-electron chi connectivity index (χ2n) is 11.8. The van der Waals surface area contributed by atoms with Crippen LogP contribution in [0, 0.1) is 11.3 Å². The summed E-state index contributed by atoms with van der Waals surface area (Å²) in [5.74, 6) is 0.623. The second-order valence-corrected chi connectivity index (χ2v) is 11.8. The summed E-state index contributed by atoms with van der Waals surface area (Å²) in [6.07, 6.45) is 6.62. The number of likely N-dealkylation sites (tertiary alicyclic amines) is 1. The average Bonchev–Trinajstić information content (AvgIpc) is 3.39. The maximum Gasteiger partial charge on any atom is 0.318 e. The smallest absolute Gasteiger partial charge is 0.318 e. The van der Waals surface area contributed by atoms with Gasteiger partial charge in [0.2, 0.25) is 5.91 Å². The standard InChI is InChI=1S/C31H37N7O3/c1-3-27(39)38-16-15-37(19-22(38)11-13-32)28-25-10-12-31(17-21-7-4-5-9-24(21)29(40)35-31)18-26(25)33-30(34-28)41-20-23-8-6-14-36(23)2/h3-5,7,9,22-23H,1,6,8,10-12,14-20H2,2H3,(H,35,40). The van der Waals surface area contributed by atoms with E-state index in [1.807, 2.05) is 24.3 Å². The third kappa shape index (κ3) is 5.26. The van der Waals surface area contributed by atoms with Crippen LogP contribution in [0.3, 0.4) is 0 Å². The van der Waals surface area contributed by atoms with E-state index in [0.29, 0.717) is 51.1 Å². The van der Waals surface area contributed by atoms with Crippen molar-refractivity contribution in [2.45, 2.75) is 62.6 Å². The van der Waals surface area contributed by atoms with E-state index in [1.165, 1.54) is 6.08 Å². The van der Waals surface area contributed by atoms with Gasteiger partial charge in [-0.25, -0.2) is 0 Å². The number of amides is 2. The second kappa shape index (κ2) is 11.1. The molecule has 3 unspecified atom stereocenters. The molecule has 0 saturated carbocycles. The van der Waals surface area contributed by atoms with Crippen molar-refractivity contribution in [3.8, 4) is 12.1 Å². The molecule has 2 amide bonds. The first-order valence-corrected chi connectivity index (χ1v) is 14.6. The molecule has 3 atom stereocenters. The highest BCUT2D eigenvalue weighted by Gasteiger charge is 2.43. The normalized spacial score (nSPS) is 25.7. The number of aromatic nitrogens is 2. The van der Waals surface area contributed by atoms with E-state index in [-0.39, 0.29) is 24.3 Å². The Hall–Kier alpha value is -3.97. The number of ether oxygens (including phenoxy) is 1. The number of carbonyl (C=O) groups is 2. The SMILES string of the molecule is C=CC(=O)N1CCN(c2nc(OCC3CCCN3C)nc3c2CCC2(Cc4ccccc4C(=O)N2)C3)CC1CC#N. The molecule has 6 rings (SSSR count). The quantitative estimate of drug-likeness (QED) is 0.540. The molecule has 10 heteroatoms. The molecule has 2 saturated heterocycles. The zero-order chi connectivity index (χ0) is 28.6. The molecule has 2 aromatic rings. The maximum atomic E-state index is 13.1. The number of fused-ring (bicyclic) bond motifs is 2. The van der Waals surface area contributed by atoms with Crippen molar-refractivity contribution >= 4 is 17.6 Å². The monoisotopic (exact) mass is 555 g/mol. The van der Waals surface area contributed by atoms with Crippen molar-refractivity contribution in [3.63, 3.8) is 0 Å². The fraction of sp³-hybridized carbons (Fsp3) is 0.516. The molecule has 3 aliphatic heterocycles. The summed E-state index contributed by atoms with van der Waals surface area (Å²) in [5.41, 5.74) is 3.36. The summed E-state index contributed by atoms with van der Waals surface area (Å²) in [6.45, 7) is 6.78. The van der Waals surface area contributed by atoms with Gasteiger partial charge in [0.1, 0.15) is 12.4 Å². The first-order chi connectivity index (χ1) is 19.9. The van der Waals surface area contributed by atoms with Gasteiger partial charge in [-0.15, -0.1) is 0 Å². The summed E-state index contributed by atoms with van der Waals surface area (Å²) in [6, 6.07) is 10.5. The van der Waals surface area contributed by atoms with Crippen LogP contribution in [0.5, 0.6) is 6.01 Å². The average molecular weight is 556 g/mol. The fourth-order valence-corrected chi connectivity index (χ4v) is 6.96. The summed E-state index contributed by atoms with van der Waals surface area (Å²) in [4.78, 5) is 41.7. The van der Waals surface area contributed by atoms with Crippen LogP contribution in [0.25, 0.3) is 0 Å². The minimum absolute atomic E-state index is 0.0346. The van der Waals surface area contributed by atoms with Gasteiger partial charge in [-0.05, 0) is 63.4 Å². The number of rotatable bonds is 6. The zero-order valence-corrected chi connectivity index (χ0v) is 23.6. The topological polar surface area (TPSA) is 115 Å². The number of hydrogen-bond donors (Lipinski definition) is 1. The Balaban J connectivity index is 1.32. The number of hydrogen-bond acceptors (Lipinski definition) is 8. The van der Waals surface area contributed by atoms with Gasteiger partial charge in [-0.2, -0.15) is 15.2 Å². The number of anilines is 1. The molecule has 1 N–H and O–H groups in total. The first kappa shape index (κ1) is 27.2. The predicted octanol–water partition coefficient (Wildman–Crippen LogP) is 2.28. The Morgan fingerprint density at radius 2 is 2.10 bits per heavy atom. The summed E-state index contributed by atoms with van der Waals surface area (Å²) in [5, 5.41) is 12.8. The van der Waals surface area contributed by atoms with E-state index < -0.39 is 5.54 Å². The molecule has 2 fully saturated rings. The van der Waals surface area contributed by atoms with E-state index >= 15 is 0 Å². The van der Waals surface area contributed by atoms with Crippen LogP contribution in [0.2, 0.25) is 0 Å². The number of benzene rings is 1. The molecule has 0 bridgehead atoms. The molecule has 0 radical (unpaired) electrons. The fourth-order valence-electron chi connectivity index (χ4n) is 6.96. The van der Waals surface area contributed by atoms with Crippen molar-refractivity contribution < 1.29 is 14.3 Å². The number of likely N-dealkylation sites (N-methyl/N-ethyl adjacent to an activating group) is 1. The van der Waals surface area contributed by atoms with Crippen molar-refractivity contribution in [1.82, 2.24) is 25.1 Å². The Labute approximate surface area is 241 Å². The molecule has 4 heterocycles. The van der Waals surface area contributed by atoms with Gasteiger partial charge < -0.3 is 24.8 Å². The lowest BCUT2D eigenvalue weighted by atomic mass is 9.73. The molecule has 1 aliphatic carbocycles. The highest BCUT2D eigenvalue weighted by atomic mass is 16.5. The van der Waals surface area contributed by atoms with Gasteiger partial charge in [0, 0.05) is 43.2 Å². The predicted molar refractivity (Wildman–Crippen MR) is 154 cm³/mol. The van der Waals surface area contributed by atoms with E-state index in [9.17, 15) is 14.9 Å². The van der Waals surface area contributed by atoms with Crippen LogP contribution in [-0.4, -0.2) is 89.0 Å². The molecular weight excluding hydrogens is 518 g/mol. The highest BCUT2D eigenvalue weighted by molar-refractivity contribution is 5.97. The largest absolute Gasteiger partial charge is 0.462 e. The maximum absolute atomic E-state index is 13.1. The van der Waals surface area contributed by atoms with Gasteiger partial charge in [0.15, 0.2) is 0 Å². The van der Waals surface area contributed by atoms with Gasteiger partial charge >= 0.3 is 6.01 Å². The van der Waals surface area contributed by atoms with Crippen molar-refractivity contribution in [1.29, 1.82) is 5.26 Å².